The van der Waals surface area contributed by atoms with Crippen molar-refractivity contribution in [3.63, 3.8) is 0 Å². The van der Waals surface area contributed by atoms with Crippen molar-refractivity contribution in [1.29, 1.82) is 0 Å². The molecule has 0 amide bonds. The van der Waals surface area contributed by atoms with E-state index in [0.717, 1.165) is 25.1 Å². The molecule has 1 rings (SSSR count). The van der Waals surface area contributed by atoms with Crippen molar-refractivity contribution in [2.24, 2.45) is 0 Å². The summed E-state index contributed by atoms with van der Waals surface area (Å²) in [6.45, 7) is 2.64. The van der Waals surface area contributed by atoms with Gasteiger partial charge in [0.15, 0.2) is 11.6 Å². The molecule has 0 saturated carbocycles. The second-order valence-electron chi connectivity index (χ2n) is 3.46. The lowest BCUT2D eigenvalue weighted by atomic mass is 10.3. The van der Waals surface area contributed by atoms with E-state index >= 15 is 0 Å². The fourth-order valence-electron chi connectivity index (χ4n) is 1.35. The van der Waals surface area contributed by atoms with Gasteiger partial charge in [0.25, 0.3) is 0 Å². The van der Waals surface area contributed by atoms with Gasteiger partial charge >= 0.3 is 0 Å². The highest BCUT2D eigenvalue weighted by molar-refractivity contribution is 7.98. The van der Waals surface area contributed by atoms with Gasteiger partial charge in [0, 0.05) is 6.54 Å². The molecule has 16 heavy (non-hydrogen) atoms. The number of hydrogen-bond acceptors (Lipinski definition) is 4. The van der Waals surface area contributed by atoms with Gasteiger partial charge in [0.1, 0.15) is 6.33 Å². The van der Waals surface area contributed by atoms with Crippen LogP contribution in [0.5, 0.6) is 0 Å². The highest BCUT2D eigenvalue weighted by atomic mass is 32.2. The first kappa shape index (κ1) is 13.2. The van der Waals surface area contributed by atoms with Crippen LogP contribution in [0.25, 0.3) is 0 Å². The van der Waals surface area contributed by atoms with Crippen LogP contribution in [0.3, 0.4) is 0 Å². The lowest BCUT2D eigenvalue weighted by molar-refractivity contribution is 0.596. The molecule has 1 aromatic rings. The number of aromatic nitrogens is 2. The second-order valence-corrected chi connectivity index (χ2v) is 4.45. The van der Waals surface area contributed by atoms with Crippen LogP contribution in [0.2, 0.25) is 0 Å². The van der Waals surface area contributed by atoms with Crippen LogP contribution in [0.4, 0.5) is 10.2 Å². The lowest BCUT2D eigenvalue weighted by Crippen LogP contribution is -2.08. The Hall–Kier alpha value is -0.840. The molecule has 1 aromatic heterocycles. The van der Waals surface area contributed by atoms with Crippen molar-refractivity contribution >= 4 is 17.6 Å². The number of halogens is 1. The van der Waals surface area contributed by atoms with Crippen LogP contribution in [0.1, 0.15) is 25.5 Å². The minimum absolute atomic E-state index is 0.310. The minimum Gasteiger partial charge on any atom is -0.368 e. The summed E-state index contributed by atoms with van der Waals surface area (Å²) in [6, 6.07) is 0. The number of aryl methyl sites for hydroxylation is 1. The Labute approximate surface area is 100 Å². The summed E-state index contributed by atoms with van der Waals surface area (Å²) in [4.78, 5) is 7.79. The van der Waals surface area contributed by atoms with E-state index in [4.69, 9.17) is 0 Å². The number of unbranched alkanes of at least 4 members (excludes halogenated alkanes) is 1. The topological polar surface area (TPSA) is 37.8 Å². The Morgan fingerprint density at radius 3 is 2.88 bits per heavy atom. The zero-order chi connectivity index (χ0) is 11.8. The fraction of sp³-hybridized carbons (Fsp3) is 0.636. The lowest BCUT2D eigenvalue weighted by Gasteiger charge is -2.07. The Bertz CT molecular complexity index is 320. The molecule has 0 fully saturated rings. The van der Waals surface area contributed by atoms with Gasteiger partial charge in [-0.3, -0.25) is 0 Å². The van der Waals surface area contributed by atoms with Crippen molar-refractivity contribution in [2.45, 2.75) is 26.2 Å². The molecule has 0 saturated heterocycles. The zero-order valence-electron chi connectivity index (χ0n) is 9.79. The van der Waals surface area contributed by atoms with Gasteiger partial charge in [-0.1, -0.05) is 6.92 Å². The van der Waals surface area contributed by atoms with Crippen molar-refractivity contribution in [2.75, 3.05) is 23.9 Å². The van der Waals surface area contributed by atoms with E-state index in [0.29, 0.717) is 17.9 Å². The quantitative estimate of drug-likeness (QED) is 0.747. The molecule has 0 aliphatic carbocycles. The largest absolute Gasteiger partial charge is 0.368 e. The Morgan fingerprint density at radius 1 is 1.38 bits per heavy atom. The van der Waals surface area contributed by atoms with Crippen LogP contribution in [-0.2, 0) is 6.42 Å². The number of thioether (sulfide) groups is 1. The molecule has 0 radical (unpaired) electrons. The molecule has 0 spiro atoms. The number of nitrogens with one attached hydrogen (secondary N) is 1. The normalized spacial score (nSPS) is 10.4. The number of rotatable bonds is 7. The number of anilines is 1. The highest BCUT2D eigenvalue weighted by Gasteiger charge is 2.08. The molecule has 5 heteroatoms. The van der Waals surface area contributed by atoms with E-state index in [9.17, 15) is 4.39 Å². The summed E-state index contributed by atoms with van der Waals surface area (Å²) in [5, 5.41) is 3.01. The van der Waals surface area contributed by atoms with Crippen molar-refractivity contribution in [3.8, 4) is 0 Å². The third kappa shape index (κ3) is 3.96. The predicted octanol–water partition coefficient (Wildman–Crippen LogP) is 2.73. The SMILES string of the molecule is CCc1ncnc(NCCCCSC)c1F. The first-order valence-corrected chi connectivity index (χ1v) is 6.91. The van der Waals surface area contributed by atoms with E-state index in [1.165, 1.54) is 6.33 Å². The maximum absolute atomic E-state index is 13.7. The van der Waals surface area contributed by atoms with Gasteiger partial charge in [-0.2, -0.15) is 11.8 Å². The van der Waals surface area contributed by atoms with E-state index in [2.05, 4.69) is 21.5 Å². The van der Waals surface area contributed by atoms with Crippen molar-refractivity contribution in [1.82, 2.24) is 9.97 Å². The summed E-state index contributed by atoms with van der Waals surface area (Å²) in [5.74, 6) is 1.17. The third-order valence-corrected chi connectivity index (χ3v) is 2.96. The third-order valence-electron chi connectivity index (χ3n) is 2.26. The van der Waals surface area contributed by atoms with Gasteiger partial charge < -0.3 is 5.32 Å². The summed E-state index contributed by atoms with van der Waals surface area (Å²) in [7, 11) is 0. The van der Waals surface area contributed by atoms with E-state index in [1.807, 2.05) is 18.7 Å². The van der Waals surface area contributed by atoms with E-state index in [-0.39, 0.29) is 5.82 Å². The second kappa shape index (κ2) is 7.44. The summed E-state index contributed by atoms with van der Waals surface area (Å²) in [6.07, 6.45) is 6.26. The molecule has 90 valence electrons. The zero-order valence-corrected chi connectivity index (χ0v) is 10.6. The Balaban J connectivity index is 2.41. The molecule has 0 aromatic carbocycles. The summed E-state index contributed by atoms with van der Waals surface area (Å²) in [5.41, 5.74) is 0.474. The maximum atomic E-state index is 13.7. The first-order valence-electron chi connectivity index (χ1n) is 5.51. The van der Waals surface area contributed by atoms with Gasteiger partial charge in [-0.15, -0.1) is 0 Å². The molecule has 1 N–H and O–H groups in total. The standard InChI is InChI=1S/C11H18FN3S/c1-3-9-10(12)11(15-8-14-9)13-6-4-5-7-16-2/h8H,3-7H2,1-2H3,(H,13,14,15). The van der Waals surface area contributed by atoms with Crippen LogP contribution < -0.4 is 5.32 Å². The molecular formula is C11H18FN3S. The fourth-order valence-corrected chi connectivity index (χ4v) is 1.85. The minimum atomic E-state index is -0.310. The highest BCUT2D eigenvalue weighted by Crippen LogP contribution is 2.13. The Morgan fingerprint density at radius 2 is 2.19 bits per heavy atom. The average Bonchev–Trinajstić information content (AvgIpc) is 2.31. The van der Waals surface area contributed by atoms with Crippen LogP contribution >= 0.6 is 11.8 Å². The monoisotopic (exact) mass is 243 g/mol. The maximum Gasteiger partial charge on any atom is 0.186 e. The predicted molar refractivity (Wildman–Crippen MR) is 67.5 cm³/mol. The van der Waals surface area contributed by atoms with Crippen LogP contribution in [0.15, 0.2) is 6.33 Å². The van der Waals surface area contributed by atoms with Gasteiger partial charge in [0.05, 0.1) is 5.69 Å². The average molecular weight is 243 g/mol. The van der Waals surface area contributed by atoms with Crippen LogP contribution in [0, 0.1) is 5.82 Å². The summed E-state index contributed by atoms with van der Waals surface area (Å²) >= 11 is 1.83. The first-order chi connectivity index (χ1) is 7.79. The molecule has 0 bridgehead atoms. The molecule has 0 aliphatic heterocycles. The number of hydrogen-bond donors (Lipinski definition) is 1. The molecule has 0 unspecified atom stereocenters. The van der Waals surface area contributed by atoms with Gasteiger partial charge in [-0.25, -0.2) is 14.4 Å². The van der Waals surface area contributed by atoms with Gasteiger partial charge in [0.2, 0.25) is 0 Å². The van der Waals surface area contributed by atoms with Crippen LogP contribution in [-0.4, -0.2) is 28.5 Å². The molecule has 3 nitrogen and oxygen atoms in total. The van der Waals surface area contributed by atoms with Crippen molar-refractivity contribution < 1.29 is 4.39 Å². The summed E-state index contributed by atoms with van der Waals surface area (Å²) < 4.78 is 13.7. The van der Waals surface area contributed by atoms with Crippen molar-refractivity contribution in [3.05, 3.63) is 17.8 Å². The smallest absolute Gasteiger partial charge is 0.186 e. The Kier molecular flexibility index (Phi) is 6.15. The van der Waals surface area contributed by atoms with E-state index in [1.54, 1.807) is 0 Å². The molecule has 0 atom stereocenters. The molecular weight excluding hydrogens is 225 g/mol. The van der Waals surface area contributed by atoms with Gasteiger partial charge in [-0.05, 0) is 31.3 Å². The molecule has 1 heterocycles. The van der Waals surface area contributed by atoms with E-state index < -0.39 is 0 Å². The number of nitrogens with zero attached hydrogens (tertiary/aromatic N) is 2. The molecule has 0 aliphatic rings.